The molecule has 1 amide bonds. The van der Waals surface area contributed by atoms with Gasteiger partial charge in [0.2, 0.25) is 0 Å². The van der Waals surface area contributed by atoms with Crippen molar-refractivity contribution in [3.8, 4) is 0 Å². The molecule has 2 fully saturated rings. The van der Waals surface area contributed by atoms with E-state index in [0.717, 1.165) is 38.2 Å². The van der Waals surface area contributed by atoms with Crippen LogP contribution in [0, 0.1) is 5.41 Å². The minimum absolute atomic E-state index is 0.170. The molecule has 3 rings (SSSR count). The van der Waals surface area contributed by atoms with Crippen LogP contribution < -0.4 is 5.32 Å². The average Bonchev–Trinajstić information content (AvgIpc) is 2.90. The monoisotopic (exact) mass is 274 g/mol. The highest BCUT2D eigenvalue weighted by molar-refractivity contribution is 5.68. The number of nitrogens with zero attached hydrogens (tertiary/aromatic N) is 1. The van der Waals surface area contributed by atoms with Gasteiger partial charge in [0, 0.05) is 25.0 Å². The van der Waals surface area contributed by atoms with Gasteiger partial charge in [0.1, 0.15) is 6.61 Å². The van der Waals surface area contributed by atoms with Crippen LogP contribution in [0.1, 0.15) is 24.8 Å². The zero-order valence-electron chi connectivity index (χ0n) is 11.8. The Labute approximate surface area is 120 Å². The van der Waals surface area contributed by atoms with E-state index in [0.29, 0.717) is 12.0 Å². The number of nitrogens with one attached hydrogen (secondary N) is 1. The van der Waals surface area contributed by atoms with Crippen LogP contribution in [0.25, 0.3) is 0 Å². The molecule has 2 aliphatic rings. The molecule has 0 aromatic heterocycles. The van der Waals surface area contributed by atoms with Crippen LogP contribution in [0.5, 0.6) is 0 Å². The molecule has 1 aromatic rings. The highest BCUT2D eigenvalue weighted by Crippen LogP contribution is 2.36. The molecule has 1 aromatic carbocycles. The minimum atomic E-state index is -0.170. The summed E-state index contributed by atoms with van der Waals surface area (Å²) in [6.45, 7) is 4.18. The minimum Gasteiger partial charge on any atom is -0.445 e. The number of amides is 1. The number of piperidine rings is 1. The van der Waals surface area contributed by atoms with E-state index in [9.17, 15) is 4.79 Å². The molecular weight excluding hydrogens is 252 g/mol. The quantitative estimate of drug-likeness (QED) is 0.900. The zero-order valence-corrected chi connectivity index (χ0v) is 11.8. The van der Waals surface area contributed by atoms with Gasteiger partial charge in [-0.3, -0.25) is 0 Å². The van der Waals surface area contributed by atoms with Crippen LogP contribution in [-0.4, -0.2) is 37.2 Å². The first-order valence-corrected chi connectivity index (χ1v) is 7.44. The van der Waals surface area contributed by atoms with E-state index in [2.05, 4.69) is 5.32 Å². The van der Waals surface area contributed by atoms with E-state index in [4.69, 9.17) is 4.74 Å². The summed E-state index contributed by atoms with van der Waals surface area (Å²) < 4.78 is 5.41. The van der Waals surface area contributed by atoms with Crippen LogP contribution in [0.4, 0.5) is 4.79 Å². The Bertz CT molecular complexity index is 455. The van der Waals surface area contributed by atoms with Crippen molar-refractivity contribution in [2.45, 2.75) is 25.9 Å². The van der Waals surface area contributed by atoms with Crippen molar-refractivity contribution in [2.75, 3.05) is 26.2 Å². The fraction of sp³-hybridized carbons (Fsp3) is 0.562. The predicted molar refractivity (Wildman–Crippen MR) is 77.4 cm³/mol. The number of likely N-dealkylation sites (tertiary alicyclic amines) is 1. The Balaban J connectivity index is 1.51. The van der Waals surface area contributed by atoms with E-state index in [-0.39, 0.29) is 6.09 Å². The second-order valence-electron chi connectivity index (χ2n) is 5.99. The van der Waals surface area contributed by atoms with Crippen molar-refractivity contribution >= 4 is 6.09 Å². The predicted octanol–water partition coefficient (Wildman–Crippen LogP) is 2.40. The summed E-state index contributed by atoms with van der Waals surface area (Å²) in [7, 11) is 0. The third kappa shape index (κ3) is 2.96. The molecule has 20 heavy (non-hydrogen) atoms. The maximum absolute atomic E-state index is 12.1. The van der Waals surface area contributed by atoms with E-state index in [1.54, 1.807) is 0 Å². The van der Waals surface area contributed by atoms with Crippen molar-refractivity contribution in [3.05, 3.63) is 35.9 Å². The van der Waals surface area contributed by atoms with Gasteiger partial charge >= 0.3 is 6.09 Å². The Morgan fingerprint density at radius 1 is 1.30 bits per heavy atom. The number of carbonyl (C=O) groups is 1. The lowest BCUT2D eigenvalue weighted by molar-refractivity contribution is 0.0973. The van der Waals surface area contributed by atoms with Crippen molar-refractivity contribution in [2.24, 2.45) is 5.41 Å². The fourth-order valence-corrected chi connectivity index (χ4v) is 3.28. The maximum Gasteiger partial charge on any atom is 0.410 e. The molecule has 108 valence electrons. The first kappa shape index (κ1) is 13.4. The first-order valence-electron chi connectivity index (χ1n) is 7.44. The topological polar surface area (TPSA) is 41.6 Å². The maximum atomic E-state index is 12.1. The lowest BCUT2D eigenvalue weighted by Crippen LogP contribution is -2.42. The number of hydrogen-bond donors (Lipinski definition) is 1. The van der Waals surface area contributed by atoms with Gasteiger partial charge in [0.25, 0.3) is 0 Å². The lowest BCUT2D eigenvalue weighted by atomic mass is 9.80. The smallest absolute Gasteiger partial charge is 0.410 e. The first-order chi connectivity index (χ1) is 9.77. The van der Waals surface area contributed by atoms with E-state index >= 15 is 0 Å². The second-order valence-corrected chi connectivity index (χ2v) is 5.99. The summed E-state index contributed by atoms with van der Waals surface area (Å²) in [5, 5.41) is 3.46. The molecule has 4 heteroatoms. The molecule has 0 saturated carbocycles. The molecule has 1 atom stereocenters. The highest BCUT2D eigenvalue weighted by atomic mass is 16.6. The van der Waals surface area contributed by atoms with Crippen molar-refractivity contribution in [1.82, 2.24) is 10.2 Å². The van der Waals surface area contributed by atoms with Crippen molar-refractivity contribution in [1.29, 1.82) is 0 Å². The molecule has 1 N–H and O–H groups in total. The molecule has 4 nitrogen and oxygen atoms in total. The lowest BCUT2D eigenvalue weighted by Gasteiger charge is -2.33. The van der Waals surface area contributed by atoms with E-state index in [1.165, 1.54) is 12.8 Å². The van der Waals surface area contributed by atoms with Gasteiger partial charge in [-0.2, -0.15) is 0 Å². The Morgan fingerprint density at radius 2 is 2.15 bits per heavy atom. The van der Waals surface area contributed by atoms with E-state index in [1.807, 2.05) is 35.2 Å². The summed E-state index contributed by atoms with van der Waals surface area (Å²) in [4.78, 5) is 14.0. The summed E-state index contributed by atoms with van der Waals surface area (Å²) in [6.07, 6.45) is 3.37. The SMILES string of the molecule is O=C(OCc1ccccc1)N1CCC2(CCCNC2)C1. The second kappa shape index (κ2) is 5.83. The molecule has 2 aliphatic heterocycles. The number of carbonyl (C=O) groups excluding carboxylic acids is 1. The molecule has 0 aliphatic carbocycles. The molecular formula is C16H22N2O2. The highest BCUT2D eigenvalue weighted by Gasteiger charge is 2.41. The van der Waals surface area contributed by atoms with Gasteiger partial charge in [0.05, 0.1) is 0 Å². The molecule has 0 bridgehead atoms. The van der Waals surface area contributed by atoms with Crippen molar-refractivity contribution < 1.29 is 9.53 Å². The summed E-state index contributed by atoms with van der Waals surface area (Å²) in [5.74, 6) is 0. The molecule has 0 radical (unpaired) electrons. The van der Waals surface area contributed by atoms with Gasteiger partial charge in [-0.05, 0) is 31.4 Å². The third-order valence-corrected chi connectivity index (χ3v) is 4.46. The molecule has 2 heterocycles. The van der Waals surface area contributed by atoms with E-state index < -0.39 is 0 Å². The number of rotatable bonds is 2. The van der Waals surface area contributed by atoms with Gasteiger partial charge in [-0.15, -0.1) is 0 Å². The zero-order chi connectivity index (χ0) is 13.8. The normalized spacial score (nSPS) is 25.9. The average molecular weight is 274 g/mol. The van der Waals surface area contributed by atoms with Gasteiger partial charge < -0.3 is 15.0 Å². The van der Waals surface area contributed by atoms with Crippen LogP contribution in [0.2, 0.25) is 0 Å². The van der Waals surface area contributed by atoms with Crippen molar-refractivity contribution in [3.63, 3.8) is 0 Å². The van der Waals surface area contributed by atoms with Crippen LogP contribution in [0.15, 0.2) is 30.3 Å². The van der Waals surface area contributed by atoms with Gasteiger partial charge in [-0.1, -0.05) is 30.3 Å². The summed E-state index contributed by atoms with van der Waals surface area (Å²) >= 11 is 0. The third-order valence-electron chi connectivity index (χ3n) is 4.46. The van der Waals surface area contributed by atoms with Crippen LogP contribution in [0.3, 0.4) is 0 Å². The fourth-order valence-electron chi connectivity index (χ4n) is 3.28. The molecule has 1 spiro atoms. The molecule has 2 saturated heterocycles. The van der Waals surface area contributed by atoms with Crippen LogP contribution >= 0.6 is 0 Å². The summed E-state index contributed by atoms with van der Waals surface area (Å²) in [6, 6.07) is 9.84. The Kier molecular flexibility index (Phi) is 3.92. The molecule has 1 unspecified atom stereocenters. The number of ether oxygens (including phenoxy) is 1. The van der Waals surface area contributed by atoms with Gasteiger partial charge in [-0.25, -0.2) is 4.79 Å². The number of hydrogen-bond acceptors (Lipinski definition) is 3. The Hall–Kier alpha value is -1.55. The van der Waals surface area contributed by atoms with Gasteiger partial charge in [0.15, 0.2) is 0 Å². The van der Waals surface area contributed by atoms with Crippen LogP contribution in [-0.2, 0) is 11.3 Å². The number of benzene rings is 1. The standard InChI is InChI=1S/C16H22N2O2/c19-15(20-11-14-5-2-1-3-6-14)18-10-8-16(13-18)7-4-9-17-12-16/h1-3,5-6,17H,4,7-13H2. The largest absolute Gasteiger partial charge is 0.445 e. The summed E-state index contributed by atoms with van der Waals surface area (Å²) in [5.41, 5.74) is 1.33. The Morgan fingerprint density at radius 3 is 2.90 bits per heavy atom.